The fraction of sp³-hybridized carbons (Fsp3) is 0.750. The van der Waals surface area contributed by atoms with Crippen molar-refractivity contribution >= 4 is 9.84 Å². The molecule has 6 heteroatoms. The highest BCUT2D eigenvalue weighted by Crippen LogP contribution is 2.23. The van der Waals surface area contributed by atoms with Gasteiger partial charge in [-0.25, -0.2) is 13.4 Å². The van der Waals surface area contributed by atoms with Crippen LogP contribution in [-0.2, 0) is 22.7 Å². The topological polar surface area (TPSA) is 80.4 Å². The molecule has 1 N–H and O–H groups in total. The summed E-state index contributed by atoms with van der Waals surface area (Å²) in [7, 11) is -2.80. The molecule has 0 spiro atoms. The number of rotatable bonds is 4. The minimum absolute atomic E-state index is 0.277. The van der Waals surface area contributed by atoms with Gasteiger partial charge in [0.1, 0.15) is 15.6 Å². The summed E-state index contributed by atoms with van der Waals surface area (Å²) in [5.74, 6) is 2.22. The Morgan fingerprint density at radius 3 is 2.78 bits per heavy atom. The smallest absolute Gasteiger partial charge is 0.194 e. The monoisotopic (exact) mass is 273 g/mol. The Bertz CT molecular complexity index is 478. The van der Waals surface area contributed by atoms with Crippen molar-refractivity contribution in [3.05, 3.63) is 17.8 Å². The summed E-state index contributed by atoms with van der Waals surface area (Å²) in [6.45, 7) is 1.70. The molecule has 2 heterocycles. The molecule has 5 nitrogen and oxygen atoms in total. The first kappa shape index (κ1) is 13.5. The largest absolute Gasteiger partial charge is 0.446 e. The lowest BCUT2D eigenvalue weighted by molar-refractivity contribution is 0.186. The number of oxazole rings is 1. The number of aliphatic hydroxyl groups excluding tert-OH is 1. The van der Waals surface area contributed by atoms with Crippen molar-refractivity contribution < 1.29 is 17.9 Å². The molecule has 1 unspecified atom stereocenters. The lowest BCUT2D eigenvalue weighted by atomic mass is 9.99. The standard InChI is InChI=1S/C12H19NO4S/c1-9(14)6-11-8-13-12(17-11)7-10-2-4-18(15,16)5-3-10/h8-10,14H,2-7H2,1H3. The van der Waals surface area contributed by atoms with Crippen molar-refractivity contribution in [3.63, 3.8) is 0 Å². The molecule has 0 amide bonds. The van der Waals surface area contributed by atoms with Crippen LogP contribution in [0.5, 0.6) is 0 Å². The molecule has 1 aliphatic heterocycles. The highest BCUT2D eigenvalue weighted by molar-refractivity contribution is 7.91. The summed E-state index contributed by atoms with van der Waals surface area (Å²) < 4.78 is 28.1. The van der Waals surface area contributed by atoms with Gasteiger partial charge in [0.15, 0.2) is 5.89 Å². The van der Waals surface area contributed by atoms with Crippen LogP contribution in [0.3, 0.4) is 0 Å². The van der Waals surface area contributed by atoms with Gasteiger partial charge in [0.25, 0.3) is 0 Å². The Morgan fingerprint density at radius 2 is 2.17 bits per heavy atom. The first-order valence-corrected chi connectivity index (χ1v) is 8.09. The molecule has 0 saturated carbocycles. The maximum Gasteiger partial charge on any atom is 0.194 e. The van der Waals surface area contributed by atoms with E-state index in [0.29, 0.717) is 43.3 Å². The Hall–Kier alpha value is -0.880. The number of hydrogen-bond acceptors (Lipinski definition) is 5. The van der Waals surface area contributed by atoms with Gasteiger partial charge in [0.05, 0.1) is 23.8 Å². The average Bonchev–Trinajstić information content (AvgIpc) is 2.68. The van der Waals surface area contributed by atoms with Crippen LogP contribution in [0, 0.1) is 5.92 Å². The summed E-state index contributed by atoms with van der Waals surface area (Å²) in [6.07, 6.45) is 3.74. The lowest BCUT2D eigenvalue weighted by Crippen LogP contribution is -2.24. The molecule has 1 aromatic heterocycles. The minimum Gasteiger partial charge on any atom is -0.446 e. The predicted octanol–water partition coefficient (Wildman–Crippen LogP) is 0.965. The van der Waals surface area contributed by atoms with E-state index < -0.39 is 15.9 Å². The molecule has 1 saturated heterocycles. The van der Waals surface area contributed by atoms with Gasteiger partial charge in [-0.3, -0.25) is 0 Å². The van der Waals surface area contributed by atoms with E-state index >= 15 is 0 Å². The van der Waals surface area contributed by atoms with E-state index in [4.69, 9.17) is 4.42 Å². The van der Waals surface area contributed by atoms with Crippen molar-refractivity contribution in [2.75, 3.05) is 11.5 Å². The van der Waals surface area contributed by atoms with Gasteiger partial charge in [0.2, 0.25) is 0 Å². The number of aromatic nitrogens is 1. The second kappa shape index (κ2) is 5.40. The first-order chi connectivity index (χ1) is 8.44. The van der Waals surface area contributed by atoms with Crippen LogP contribution in [0.4, 0.5) is 0 Å². The van der Waals surface area contributed by atoms with Crippen LogP contribution in [0.25, 0.3) is 0 Å². The quantitative estimate of drug-likeness (QED) is 0.884. The zero-order valence-corrected chi connectivity index (χ0v) is 11.3. The molecule has 1 fully saturated rings. The zero-order valence-electron chi connectivity index (χ0n) is 10.5. The van der Waals surface area contributed by atoms with Crippen molar-refractivity contribution in [2.24, 2.45) is 5.92 Å². The van der Waals surface area contributed by atoms with Crippen molar-refractivity contribution in [1.29, 1.82) is 0 Å². The van der Waals surface area contributed by atoms with Gasteiger partial charge in [-0.1, -0.05) is 0 Å². The normalized spacial score (nSPS) is 21.9. The molecular formula is C12H19NO4S. The van der Waals surface area contributed by atoms with Crippen LogP contribution in [0.15, 0.2) is 10.6 Å². The number of aliphatic hydroxyl groups is 1. The maximum absolute atomic E-state index is 11.3. The molecule has 0 bridgehead atoms. The zero-order chi connectivity index (χ0) is 13.2. The van der Waals surface area contributed by atoms with Gasteiger partial charge in [-0.05, 0) is 25.7 Å². The molecule has 0 aliphatic carbocycles. The fourth-order valence-corrected chi connectivity index (χ4v) is 3.81. The second-order valence-electron chi connectivity index (χ2n) is 5.07. The highest BCUT2D eigenvalue weighted by Gasteiger charge is 2.24. The van der Waals surface area contributed by atoms with Crippen LogP contribution in [0.2, 0.25) is 0 Å². The third kappa shape index (κ3) is 3.81. The minimum atomic E-state index is -2.80. The summed E-state index contributed by atoms with van der Waals surface area (Å²) in [5, 5.41) is 9.24. The van der Waals surface area contributed by atoms with E-state index in [1.165, 1.54) is 0 Å². The number of nitrogens with zero attached hydrogens (tertiary/aromatic N) is 1. The Morgan fingerprint density at radius 1 is 1.50 bits per heavy atom. The van der Waals surface area contributed by atoms with Gasteiger partial charge >= 0.3 is 0 Å². The Labute approximate surface area is 107 Å². The molecular weight excluding hydrogens is 254 g/mol. The molecule has 2 rings (SSSR count). The van der Waals surface area contributed by atoms with Crippen LogP contribution >= 0.6 is 0 Å². The van der Waals surface area contributed by atoms with Crippen LogP contribution < -0.4 is 0 Å². The summed E-state index contributed by atoms with van der Waals surface area (Å²) in [4.78, 5) is 4.17. The third-order valence-corrected chi connectivity index (χ3v) is 4.95. The van der Waals surface area contributed by atoms with Gasteiger partial charge in [-0.2, -0.15) is 0 Å². The van der Waals surface area contributed by atoms with E-state index in [1.807, 2.05) is 0 Å². The Balaban J connectivity index is 1.88. The van der Waals surface area contributed by atoms with Crippen molar-refractivity contribution in [2.45, 2.75) is 38.7 Å². The van der Waals surface area contributed by atoms with Gasteiger partial charge in [-0.15, -0.1) is 0 Å². The summed E-state index contributed by atoms with van der Waals surface area (Å²) in [5.41, 5.74) is 0. The third-order valence-electron chi connectivity index (χ3n) is 3.24. The maximum atomic E-state index is 11.3. The van der Waals surface area contributed by atoms with E-state index in [9.17, 15) is 13.5 Å². The fourth-order valence-electron chi connectivity index (χ4n) is 2.22. The molecule has 102 valence electrons. The van der Waals surface area contributed by atoms with Gasteiger partial charge < -0.3 is 9.52 Å². The van der Waals surface area contributed by atoms with E-state index in [0.717, 1.165) is 0 Å². The van der Waals surface area contributed by atoms with Crippen LogP contribution in [0.1, 0.15) is 31.4 Å². The number of sulfone groups is 1. The molecule has 1 aromatic rings. The van der Waals surface area contributed by atoms with E-state index in [2.05, 4.69) is 4.98 Å². The first-order valence-electron chi connectivity index (χ1n) is 6.27. The molecule has 0 aromatic carbocycles. The molecule has 18 heavy (non-hydrogen) atoms. The highest BCUT2D eigenvalue weighted by atomic mass is 32.2. The SMILES string of the molecule is CC(O)Cc1cnc(CC2CCS(=O)(=O)CC2)o1. The van der Waals surface area contributed by atoms with Crippen LogP contribution in [-0.4, -0.2) is 36.1 Å². The summed E-state index contributed by atoms with van der Waals surface area (Å²) >= 11 is 0. The molecule has 1 aliphatic rings. The van der Waals surface area contributed by atoms with Crippen molar-refractivity contribution in [1.82, 2.24) is 4.98 Å². The van der Waals surface area contributed by atoms with Gasteiger partial charge in [0, 0.05) is 12.8 Å². The molecule has 0 radical (unpaired) electrons. The van der Waals surface area contributed by atoms with E-state index in [1.54, 1.807) is 13.1 Å². The molecule has 1 atom stereocenters. The Kier molecular flexibility index (Phi) is 4.07. The lowest BCUT2D eigenvalue weighted by Gasteiger charge is -2.20. The second-order valence-corrected chi connectivity index (χ2v) is 7.38. The van der Waals surface area contributed by atoms with E-state index in [-0.39, 0.29) is 11.5 Å². The average molecular weight is 273 g/mol. The van der Waals surface area contributed by atoms with Crippen molar-refractivity contribution in [3.8, 4) is 0 Å². The predicted molar refractivity (Wildman–Crippen MR) is 67.0 cm³/mol. The number of hydrogen-bond donors (Lipinski definition) is 1. The summed E-state index contributed by atoms with van der Waals surface area (Å²) in [6, 6.07) is 0.